The van der Waals surface area contributed by atoms with Gasteiger partial charge in [-0.25, -0.2) is 19.6 Å². The van der Waals surface area contributed by atoms with Gasteiger partial charge in [-0.2, -0.15) is 5.10 Å². The summed E-state index contributed by atoms with van der Waals surface area (Å²) < 4.78 is 1.96. The first-order chi connectivity index (χ1) is 10.4. The van der Waals surface area contributed by atoms with Crippen molar-refractivity contribution in [1.82, 2.24) is 29.6 Å². The van der Waals surface area contributed by atoms with E-state index in [1.807, 2.05) is 10.7 Å². The van der Waals surface area contributed by atoms with Gasteiger partial charge in [0.25, 0.3) is 0 Å². The van der Waals surface area contributed by atoms with E-state index in [0.29, 0.717) is 0 Å². The van der Waals surface area contributed by atoms with Gasteiger partial charge in [0.05, 0.1) is 6.54 Å². The van der Waals surface area contributed by atoms with E-state index >= 15 is 0 Å². The van der Waals surface area contributed by atoms with Gasteiger partial charge in [0, 0.05) is 45.1 Å². The predicted molar refractivity (Wildman–Crippen MR) is 79.8 cm³/mol. The second-order valence-electron chi connectivity index (χ2n) is 5.16. The van der Waals surface area contributed by atoms with E-state index in [-0.39, 0.29) is 0 Å². The van der Waals surface area contributed by atoms with Gasteiger partial charge in [0.15, 0.2) is 0 Å². The fraction of sp³-hybridized carbons (Fsp3) is 0.571. The first kappa shape index (κ1) is 13.9. The Morgan fingerprint density at radius 3 is 2.71 bits per heavy atom. The van der Waals surface area contributed by atoms with E-state index in [9.17, 15) is 0 Å². The maximum atomic E-state index is 4.36. The third-order valence-corrected chi connectivity index (χ3v) is 3.78. The highest BCUT2D eigenvalue weighted by molar-refractivity contribution is 5.28. The maximum absolute atomic E-state index is 4.36. The van der Waals surface area contributed by atoms with Gasteiger partial charge in [0.2, 0.25) is 5.95 Å². The lowest BCUT2D eigenvalue weighted by molar-refractivity contribution is 0.272. The molecule has 0 atom stereocenters. The van der Waals surface area contributed by atoms with Crippen LogP contribution in [0.25, 0.3) is 0 Å². The van der Waals surface area contributed by atoms with Crippen LogP contribution in [0.1, 0.15) is 19.2 Å². The van der Waals surface area contributed by atoms with Gasteiger partial charge in [-0.05, 0) is 19.4 Å². The monoisotopic (exact) mass is 287 g/mol. The fourth-order valence-electron chi connectivity index (χ4n) is 2.66. The molecule has 0 saturated carbocycles. The molecule has 21 heavy (non-hydrogen) atoms. The molecular formula is C14H21N7. The average molecular weight is 287 g/mol. The summed E-state index contributed by atoms with van der Waals surface area (Å²) in [7, 11) is 0. The molecule has 1 aliphatic heterocycles. The Bertz CT molecular complexity index is 553. The number of aromatic nitrogens is 5. The van der Waals surface area contributed by atoms with Gasteiger partial charge in [0.1, 0.15) is 12.2 Å². The topological polar surface area (TPSA) is 63.0 Å². The van der Waals surface area contributed by atoms with Gasteiger partial charge >= 0.3 is 0 Å². The van der Waals surface area contributed by atoms with E-state index in [4.69, 9.17) is 0 Å². The Balaban J connectivity index is 1.61. The predicted octanol–water partition coefficient (Wildman–Crippen LogP) is 0.800. The minimum atomic E-state index is 0.830. The van der Waals surface area contributed by atoms with E-state index in [2.05, 4.69) is 36.8 Å². The molecule has 0 unspecified atom stereocenters. The van der Waals surface area contributed by atoms with Crippen molar-refractivity contribution in [3.8, 4) is 0 Å². The maximum Gasteiger partial charge on any atom is 0.225 e. The number of anilines is 1. The normalized spacial score (nSPS) is 16.9. The molecule has 1 saturated heterocycles. The second-order valence-corrected chi connectivity index (χ2v) is 5.16. The Morgan fingerprint density at radius 1 is 1.05 bits per heavy atom. The summed E-state index contributed by atoms with van der Waals surface area (Å²) in [4.78, 5) is 17.7. The van der Waals surface area contributed by atoms with Crippen molar-refractivity contribution in [2.24, 2.45) is 0 Å². The van der Waals surface area contributed by atoms with Crippen LogP contribution >= 0.6 is 0 Å². The zero-order valence-electron chi connectivity index (χ0n) is 12.4. The van der Waals surface area contributed by atoms with E-state index in [1.54, 1.807) is 18.7 Å². The van der Waals surface area contributed by atoms with Crippen LogP contribution in [0.2, 0.25) is 0 Å². The minimum absolute atomic E-state index is 0.830. The highest BCUT2D eigenvalue weighted by atomic mass is 15.4. The molecule has 3 heterocycles. The van der Waals surface area contributed by atoms with Crippen molar-refractivity contribution >= 4 is 5.95 Å². The molecule has 0 aromatic carbocycles. The number of nitrogens with zero attached hydrogens (tertiary/aromatic N) is 7. The van der Waals surface area contributed by atoms with Crippen molar-refractivity contribution in [2.75, 3.05) is 31.1 Å². The van der Waals surface area contributed by atoms with Crippen LogP contribution in [0, 0.1) is 0 Å². The molecule has 0 spiro atoms. The van der Waals surface area contributed by atoms with Gasteiger partial charge in [-0.1, -0.05) is 0 Å². The fourth-order valence-corrected chi connectivity index (χ4v) is 2.66. The molecule has 112 valence electrons. The lowest BCUT2D eigenvalue weighted by atomic mass is 10.4. The van der Waals surface area contributed by atoms with Gasteiger partial charge in [-0.3, -0.25) is 4.90 Å². The SMILES string of the molecule is CCn1ncnc1CN1CCCN(c2ncccn2)CC1. The number of rotatable bonds is 4. The molecule has 1 aliphatic rings. The van der Waals surface area contributed by atoms with E-state index in [0.717, 1.165) is 57.5 Å². The molecule has 2 aromatic rings. The second kappa shape index (κ2) is 6.62. The first-order valence-corrected chi connectivity index (χ1v) is 7.48. The van der Waals surface area contributed by atoms with Crippen LogP contribution in [0.15, 0.2) is 24.8 Å². The van der Waals surface area contributed by atoms with Crippen molar-refractivity contribution in [1.29, 1.82) is 0 Å². The van der Waals surface area contributed by atoms with E-state index < -0.39 is 0 Å². The molecule has 3 rings (SSSR count). The number of aryl methyl sites for hydroxylation is 1. The molecule has 0 radical (unpaired) electrons. The summed E-state index contributed by atoms with van der Waals surface area (Å²) in [6, 6.07) is 1.85. The summed E-state index contributed by atoms with van der Waals surface area (Å²) in [5.41, 5.74) is 0. The molecule has 7 nitrogen and oxygen atoms in total. The summed E-state index contributed by atoms with van der Waals surface area (Å²) in [6.07, 6.45) is 6.35. The summed E-state index contributed by atoms with van der Waals surface area (Å²) in [5.74, 6) is 1.87. The van der Waals surface area contributed by atoms with Crippen LogP contribution in [-0.2, 0) is 13.1 Å². The molecule has 1 fully saturated rings. The van der Waals surface area contributed by atoms with Crippen molar-refractivity contribution in [2.45, 2.75) is 26.4 Å². The summed E-state index contributed by atoms with van der Waals surface area (Å²) in [5, 5.41) is 4.23. The molecular weight excluding hydrogens is 266 g/mol. The van der Waals surface area contributed by atoms with Crippen LogP contribution < -0.4 is 4.90 Å². The number of hydrogen-bond donors (Lipinski definition) is 0. The van der Waals surface area contributed by atoms with E-state index in [1.165, 1.54) is 0 Å². The van der Waals surface area contributed by atoms with Crippen LogP contribution in [0.5, 0.6) is 0 Å². The van der Waals surface area contributed by atoms with Crippen LogP contribution in [-0.4, -0.2) is 55.8 Å². The van der Waals surface area contributed by atoms with Crippen molar-refractivity contribution in [3.05, 3.63) is 30.6 Å². The third kappa shape index (κ3) is 3.36. The largest absolute Gasteiger partial charge is 0.339 e. The lowest BCUT2D eigenvalue weighted by Gasteiger charge is -2.21. The molecule has 7 heteroatoms. The summed E-state index contributed by atoms with van der Waals surface area (Å²) >= 11 is 0. The van der Waals surface area contributed by atoms with Gasteiger partial charge < -0.3 is 4.90 Å². The van der Waals surface area contributed by atoms with Crippen molar-refractivity contribution < 1.29 is 0 Å². The Kier molecular flexibility index (Phi) is 4.40. The summed E-state index contributed by atoms with van der Waals surface area (Å²) in [6.45, 7) is 7.83. The number of hydrogen-bond acceptors (Lipinski definition) is 6. The van der Waals surface area contributed by atoms with Crippen molar-refractivity contribution in [3.63, 3.8) is 0 Å². The minimum Gasteiger partial charge on any atom is -0.339 e. The molecule has 0 amide bonds. The molecule has 0 N–H and O–H groups in total. The van der Waals surface area contributed by atoms with Crippen LogP contribution in [0.3, 0.4) is 0 Å². The van der Waals surface area contributed by atoms with Gasteiger partial charge in [-0.15, -0.1) is 0 Å². The molecule has 0 aliphatic carbocycles. The highest BCUT2D eigenvalue weighted by Crippen LogP contribution is 2.11. The van der Waals surface area contributed by atoms with Crippen LogP contribution in [0.4, 0.5) is 5.95 Å². The molecule has 0 bridgehead atoms. The zero-order valence-corrected chi connectivity index (χ0v) is 12.4. The Labute approximate surface area is 124 Å². The average Bonchev–Trinajstić information content (AvgIpc) is 2.84. The lowest BCUT2D eigenvalue weighted by Crippen LogP contribution is -2.32. The zero-order chi connectivity index (χ0) is 14.5. The quantitative estimate of drug-likeness (QED) is 0.829. The Hall–Kier alpha value is -2.02. The smallest absolute Gasteiger partial charge is 0.225 e. The third-order valence-electron chi connectivity index (χ3n) is 3.78. The highest BCUT2D eigenvalue weighted by Gasteiger charge is 2.18. The first-order valence-electron chi connectivity index (χ1n) is 7.48. The Morgan fingerprint density at radius 2 is 1.90 bits per heavy atom. The standard InChI is InChI=1S/C14H21N7/c1-2-21-13(17-12-18-21)11-19-7-4-8-20(10-9-19)14-15-5-3-6-16-14/h3,5-6,12H,2,4,7-11H2,1H3. The molecule has 2 aromatic heterocycles.